The van der Waals surface area contributed by atoms with Gasteiger partial charge in [-0.15, -0.1) is 0 Å². The van der Waals surface area contributed by atoms with E-state index in [1.54, 1.807) is 25.3 Å². The Labute approximate surface area is 147 Å². The maximum absolute atomic E-state index is 6.31. The fraction of sp³-hybridized carbons (Fsp3) is 0.200. The smallest absolute Gasteiger partial charge is 0.138 e. The summed E-state index contributed by atoms with van der Waals surface area (Å²) in [6.07, 6.45) is 0. The van der Waals surface area contributed by atoms with E-state index in [4.69, 9.17) is 39.5 Å². The van der Waals surface area contributed by atoms with Gasteiger partial charge in [-0.05, 0) is 58.9 Å². The molecular weight excluding hydrogens is 396 g/mol. The first-order chi connectivity index (χ1) is 9.97. The van der Waals surface area contributed by atoms with Crippen molar-refractivity contribution in [2.24, 2.45) is 0 Å². The van der Waals surface area contributed by atoms with E-state index >= 15 is 0 Å². The Morgan fingerprint density at radius 2 is 1.71 bits per heavy atom. The van der Waals surface area contributed by atoms with Crippen molar-refractivity contribution in [3.8, 4) is 5.75 Å². The van der Waals surface area contributed by atoms with Gasteiger partial charge in [0.05, 0.1) is 17.6 Å². The molecule has 21 heavy (non-hydrogen) atoms. The highest BCUT2D eigenvalue weighted by Gasteiger charge is 2.21. The molecule has 0 heterocycles. The molecule has 0 saturated carbocycles. The predicted molar refractivity (Wildman–Crippen MR) is 93.1 cm³/mol. The molecule has 0 bridgehead atoms. The van der Waals surface area contributed by atoms with Crippen molar-refractivity contribution in [1.82, 2.24) is 5.32 Å². The van der Waals surface area contributed by atoms with Gasteiger partial charge in [0.25, 0.3) is 0 Å². The highest BCUT2D eigenvalue weighted by atomic mass is 79.9. The number of halogens is 4. The third-order valence-corrected chi connectivity index (χ3v) is 4.50. The Morgan fingerprint density at radius 3 is 2.33 bits per heavy atom. The SMILES string of the molecule is CNC(c1cc(Cl)ccc1Cl)c1cc(Cl)cc(Br)c1OC. The zero-order chi connectivity index (χ0) is 15.6. The first-order valence-electron chi connectivity index (χ1n) is 6.13. The van der Waals surface area contributed by atoms with Gasteiger partial charge in [-0.1, -0.05) is 34.8 Å². The first kappa shape index (κ1) is 16.9. The molecule has 0 amide bonds. The number of rotatable bonds is 4. The molecule has 0 aromatic heterocycles. The van der Waals surface area contributed by atoms with Crippen molar-refractivity contribution in [3.05, 3.63) is 61.0 Å². The van der Waals surface area contributed by atoms with Crippen molar-refractivity contribution in [2.75, 3.05) is 14.2 Å². The topological polar surface area (TPSA) is 21.3 Å². The number of hydrogen-bond donors (Lipinski definition) is 1. The summed E-state index contributed by atoms with van der Waals surface area (Å²) < 4.78 is 6.27. The van der Waals surface area contributed by atoms with Crippen molar-refractivity contribution >= 4 is 50.7 Å². The molecule has 112 valence electrons. The minimum absolute atomic E-state index is 0.193. The molecular formula is C15H13BrCl3NO. The summed E-state index contributed by atoms with van der Waals surface area (Å²) in [5.41, 5.74) is 1.74. The lowest BCUT2D eigenvalue weighted by atomic mass is 9.98. The number of hydrogen-bond acceptors (Lipinski definition) is 2. The Kier molecular flexibility index (Phi) is 5.81. The lowest BCUT2D eigenvalue weighted by Crippen LogP contribution is -2.19. The van der Waals surface area contributed by atoms with E-state index in [9.17, 15) is 0 Å². The van der Waals surface area contributed by atoms with E-state index in [1.807, 2.05) is 19.2 Å². The number of nitrogens with one attached hydrogen (secondary N) is 1. The average Bonchev–Trinajstić information content (AvgIpc) is 2.43. The molecule has 0 fully saturated rings. The van der Waals surface area contributed by atoms with E-state index < -0.39 is 0 Å². The van der Waals surface area contributed by atoms with Gasteiger partial charge in [0.1, 0.15) is 5.75 Å². The highest BCUT2D eigenvalue weighted by molar-refractivity contribution is 9.10. The lowest BCUT2D eigenvalue weighted by molar-refractivity contribution is 0.403. The summed E-state index contributed by atoms with van der Waals surface area (Å²) >= 11 is 22.0. The van der Waals surface area contributed by atoms with E-state index in [0.29, 0.717) is 20.8 Å². The van der Waals surface area contributed by atoms with Crippen molar-refractivity contribution in [2.45, 2.75) is 6.04 Å². The zero-order valence-corrected chi connectivity index (χ0v) is 15.2. The van der Waals surface area contributed by atoms with Crippen LogP contribution in [0.2, 0.25) is 15.1 Å². The third kappa shape index (κ3) is 3.66. The molecule has 0 radical (unpaired) electrons. The maximum atomic E-state index is 6.31. The van der Waals surface area contributed by atoms with Gasteiger partial charge in [-0.25, -0.2) is 0 Å². The van der Waals surface area contributed by atoms with Crippen LogP contribution in [0.25, 0.3) is 0 Å². The normalized spacial score (nSPS) is 12.3. The van der Waals surface area contributed by atoms with Crippen molar-refractivity contribution in [3.63, 3.8) is 0 Å². The second-order valence-electron chi connectivity index (χ2n) is 4.40. The number of benzene rings is 2. The van der Waals surface area contributed by atoms with Crippen LogP contribution in [0.1, 0.15) is 17.2 Å². The van der Waals surface area contributed by atoms with Crippen LogP contribution < -0.4 is 10.1 Å². The fourth-order valence-corrected chi connectivity index (χ4v) is 3.63. The summed E-state index contributed by atoms with van der Waals surface area (Å²) in [7, 11) is 3.46. The molecule has 0 aliphatic carbocycles. The van der Waals surface area contributed by atoms with E-state index in [0.717, 1.165) is 15.6 Å². The molecule has 1 N–H and O–H groups in total. The standard InChI is InChI=1S/C15H13BrCl3NO/c1-20-14(10-5-8(17)3-4-13(10)19)11-6-9(18)7-12(16)15(11)21-2/h3-7,14,20H,1-2H3. The second-order valence-corrected chi connectivity index (χ2v) is 6.53. The third-order valence-electron chi connectivity index (χ3n) is 3.11. The summed E-state index contributed by atoms with van der Waals surface area (Å²) in [6.45, 7) is 0. The molecule has 2 aromatic rings. The monoisotopic (exact) mass is 407 g/mol. The molecule has 0 aliphatic heterocycles. The van der Waals surface area contributed by atoms with Crippen LogP contribution in [0.5, 0.6) is 5.75 Å². The highest BCUT2D eigenvalue weighted by Crippen LogP contribution is 2.40. The largest absolute Gasteiger partial charge is 0.495 e. The van der Waals surface area contributed by atoms with Gasteiger partial charge in [0.2, 0.25) is 0 Å². The van der Waals surface area contributed by atoms with Gasteiger partial charge in [0.15, 0.2) is 0 Å². The fourth-order valence-electron chi connectivity index (χ4n) is 2.22. The van der Waals surface area contributed by atoms with E-state index in [-0.39, 0.29) is 6.04 Å². The molecule has 1 atom stereocenters. The van der Waals surface area contributed by atoms with Crippen LogP contribution in [-0.2, 0) is 0 Å². The maximum Gasteiger partial charge on any atom is 0.138 e. The van der Waals surface area contributed by atoms with Gasteiger partial charge in [0, 0.05) is 20.6 Å². The molecule has 0 aliphatic rings. The molecule has 2 aromatic carbocycles. The predicted octanol–water partition coefficient (Wildman–Crippen LogP) is 5.73. The van der Waals surface area contributed by atoms with E-state index in [1.165, 1.54) is 0 Å². The van der Waals surface area contributed by atoms with Crippen LogP contribution in [0, 0.1) is 0 Å². The molecule has 0 spiro atoms. The summed E-state index contributed by atoms with van der Waals surface area (Å²) in [6, 6.07) is 8.81. The minimum Gasteiger partial charge on any atom is -0.495 e. The summed E-state index contributed by atoms with van der Waals surface area (Å²) in [5.74, 6) is 0.704. The van der Waals surface area contributed by atoms with Gasteiger partial charge in [-0.2, -0.15) is 0 Å². The molecule has 0 saturated heterocycles. The first-order valence-corrected chi connectivity index (χ1v) is 8.05. The number of methoxy groups -OCH3 is 1. The second kappa shape index (κ2) is 7.21. The number of ether oxygens (including phenoxy) is 1. The Bertz CT molecular complexity index is 664. The molecule has 2 rings (SSSR count). The van der Waals surface area contributed by atoms with E-state index in [2.05, 4.69) is 21.2 Å². The molecule has 1 unspecified atom stereocenters. The van der Waals surface area contributed by atoms with Crippen LogP contribution >= 0.6 is 50.7 Å². The Morgan fingerprint density at radius 1 is 1.05 bits per heavy atom. The molecule has 6 heteroatoms. The van der Waals surface area contributed by atoms with Gasteiger partial charge >= 0.3 is 0 Å². The summed E-state index contributed by atoms with van der Waals surface area (Å²) in [5, 5.41) is 5.08. The van der Waals surface area contributed by atoms with Crippen molar-refractivity contribution in [1.29, 1.82) is 0 Å². The quantitative estimate of drug-likeness (QED) is 0.697. The van der Waals surface area contributed by atoms with Gasteiger partial charge < -0.3 is 10.1 Å². The van der Waals surface area contributed by atoms with Crippen LogP contribution in [0.3, 0.4) is 0 Å². The Balaban J connectivity index is 2.64. The zero-order valence-electron chi connectivity index (χ0n) is 11.4. The summed E-state index contributed by atoms with van der Waals surface area (Å²) in [4.78, 5) is 0. The average molecular weight is 410 g/mol. The van der Waals surface area contributed by atoms with Crippen LogP contribution in [0.15, 0.2) is 34.8 Å². The van der Waals surface area contributed by atoms with Crippen molar-refractivity contribution < 1.29 is 4.74 Å². The molecule has 2 nitrogen and oxygen atoms in total. The van der Waals surface area contributed by atoms with Gasteiger partial charge in [-0.3, -0.25) is 0 Å². The minimum atomic E-state index is -0.193. The van der Waals surface area contributed by atoms with Crippen LogP contribution in [-0.4, -0.2) is 14.2 Å². The van der Waals surface area contributed by atoms with Crippen LogP contribution in [0.4, 0.5) is 0 Å². The lowest BCUT2D eigenvalue weighted by Gasteiger charge is -2.22. The Hall–Kier alpha value is -0.450.